The van der Waals surface area contributed by atoms with Crippen LogP contribution in [-0.2, 0) is 16.1 Å². The lowest BCUT2D eigenvalue weighted by atomic mass is 10.0. The second kappa shape index (κ2) is 13.5. The number of halogens is 1. The molecule has 0 spiro atoms. The van der Waals surface area contributed by atoms with Gasteiger partial charge >= 0.3 is 0 Å². The maximum atomic E-state index is 13.9. The van der Waals surface area contributed by atoms with Crippen molar-refractivity contribution in [3.05, 3.63) is 112 Å². The number of hydrogen-bond acceptors (Lipinski definition) is 6. The van der Waals surface area contributed by atoms with Crippen LogP contribution in [0.3, 0.4) is 0 Å². The molecule has 0 bridgehead atoms. The Labute approximate surface area is 244 Å². The maximum Gasteiger partial charge on any atom is 0.251 e. The molecule has 1 heterocycles. The Morgan fingerprint density at radius 2 is 1.52 bits per heavy atom. The number of carbonyl (C=O) groups excluding carboxylic acids is 2. The van der Waals surface area contributed by atoms with E-state index in [1.807, 2.05) is 93.5 Å². The lowest BCUT2D eigenvalue weighted by molar-refractivity contribution is -0.137. The predicted octanol–water partition coefficient (Wildman–Crippen LogP) is 6.31. The number of thioether (sulfide) groups is 1. The van der Waals surface area contributed by atoms with Crippen molar-refractivity contribution in [2.75, 3.05) is 30.1 Å². The Morgan fingerprint density at radius 3 is 2.12 bits per heavy atom. The number of rotatable bonds is 10. The first-order chi connectivity index (χ1) is 19.2. The lowest BCUT2D eigenvalue weighted by Gasteiger charge is -2.31. The fraction of sp³-hybridized carbons (Fsp3) is 0.226. The predicted molar refractivity (Wildman–Crippen MR) is 163 cm³/mol. The SMILES string of the molecule is Cc1cc(C)nc(SCC(=O)N(Cc2ccccc2)[C@@H](C(=O)Nc2ccc(N(C)C)cc2)c2ccc(Cl)cc2)n1. The van der Waals surface area contributed by atoms with Crippen molar-refractivity contribution in [3.63, 3.8) is 0 Å². The van der Waals surface area contributed by atoms with Gasteiger partial charge < -0.3 is 15.1 Å². The Bertz CT molecular complexity index is 1430. The highest BCUT2D eigenvalue weighted by molar-refractivity contribution is 7.99. The largest absolute Gasteiger partial charge is 0.378 e. The van der Waals surface area contributed by atoms with E-state index in [1.54, 1.807) is 29.2 Å². The molecule has 0 fully saturated rings. The first kappa shape index (κ1) is 29.1. The van der Waals surface area contributed by atoms with Crippen molar-refractivity contribution < 1.29 is 9.59 Å². The van der Waals surface area contributed by atoms with E-state index in [0.717, 1.165) is 22.6 Å². The van der Waals surface area contributed by atoms with Crippen molar-refractivity contribution in [2.24, 2.45) is 0 Å². The molecule has 206 valence electrons. The number of nitrogens with one attached hydrogen (secondary N) is 1. The summed E-state index contributed by atoms with van der Waals surface area (Å²) in [7, 11) is 3.91. The summed E-state index contributed by atoms with van der Waals surface area (Å²) < 4.78 is 0. The molecule has 4 rings (SSSR count). The summed E-state index contributed by atoms with van der Waals surface area (Å²) >= 11 is 7.44. The summed E-state index contributed by atoms with van der Waals surface area (Å²) in [5.41, 5.74) is 4.89. The molecule has 0 unspecified atom stereocenters. The van der Waals surface area contributed by atoms with Gasteiger partial charge in [-0.15, -0.1) is 0 Å². The average molecular weight is 574 g/mol. The zero-order chi connectivity index (χ0) is 28.6. The number of hydrogen-bond donors (Lipinski definition) is 1. The van der Waals surface area contributed by atoms with Crippen LogP contribution < -0.4 is 10.2 Å². The van der Waals surface area contributed by atoms with Crippen molar-refractivity contribution in [1.82, 2.24) is 14.9 Å². The van der Waals surface area contributed by atoms with Crippen LogP contribution >= 0.6 is 23.4 Å². The van der Waals surface area contributed by atoms with E-state index in [4.69, 9.17) is 11.6 Å². The number of amides is 2. The third-order valence-corrected chi connectivity index (χ3v) is 7.28. The van der Waals surface area contributed by atoms with E-state index >= 15 is 0 Å². The van der Waals surface area contributed by atoms with Gasteiger partial charge in [-0.1, -0.05) is 65.8 Å². The highest BCUT2D eigenvalue weighted by atomic mass is 35.5. The van der Waals surface area contributed by atoms with Gasteiger partial charge in [-0.05, 0) is 67.4 Å². The molecule has 40 heavy (non-hydrogen) atoms. The molecule has 0 saturated carbocycles. The van der Waals surface area contributed by atoms with Crippen LogP contribution in [0.2, 0.25) is 5.02 Å². The van der Waals surface area contributed by atoms with E-state index in [2.05, 4.69) is 15.3 Å². The second-order valence-corrected chi connectivity index (χ2v) is 11.0. The van der Waals surface area contributed by atoms with Gasteiger partial charge in [-0.3, -0.25) is 9.59 Å². The van der Waals surface area contributed by atoms with Crippen LogP contribution in [0.5, 0.6) is 0 Å². The van der Waals surface area contributed by atoms with Gasteiger partial charge in [0, 0.05) is 48.4 Å². The molecule has 0 aliphatic rings. The van der Waals surface area contributed by atoms with Gasteiger partial charge in [0.05, 0.1) is 5.75 Å². The van der Waals surface area contributed by atoms with E-state index in [0.29, 0.717) is 21.4 Å². The number of anilines is 2. The zero-order valence-corrected chi connectivity index (χ0v) is 24.5. The summed E-state index contributed by atoms with van der Waals surface area (Å²) in [6, 6.07) is 25.2. The molecule has 9 heteroatoms. The van der Waals surface area contributed by atoms with Gasteiger partial charge in [0.15, 0.2) is 5.16 Å². The van der Waals surface area contributed by atoms with Crippen LogP contribution in [-0.4, -0.2) is 46.5 Å². The molecule has 1 atom stereocenters. The van der Waals surface area contributed by atoms with Crippen LogP contribution in [0.25, 0.3) is 0 Å². The number of aryl methyl sites for hydroxylation is 2. The summed E-state index contributed by atoms with van der Waals surface area (Å²) in [6.45, 7) is 4.04. The van der Waals surface area contributed by atoms with E-state index in [1.165, 1.54) is 11.8 Å². The van der Waals surface area contributed by atoms with Gasteiger partial charge in [-0.25, -0.2) is 9.97 Å². The number of nitrogens with zero attached hydrogens (tertiary/aromatic N) is 4. The number of benzene rings is 3. The first-order valence-corrected chi connectivity index (χ1v) is 14.2. The summed E-state index contributed by atoms with van der Waals surface area (Å²) in [6.07, 6.45) is 0. The first-order valence-electron chi connectivity index (χ1n) is 12.8. The molecule has 4 aromatic rings. The average Bonchev–Trinajstić information content (AvgIpc) is 2.93. The molecule has 1 aromatic heterocycles. The molecule has 0 aliphatic carbocycles. The van der Waals surface area contributed by atoms with Crippen molar-refractivity contribution in [2.45, 2.75) is 31.6 Å². The molecule has 7 nitrogen and oxygen atoms in total. The minimum atomic E-state index is -0.903. The van der Waals surface area contributed by atoms with Crippen LogP contribution in [0, 0.1) is 13.8 Å². The van der Waals surface area contributed by atoms with Crippen LogP contribution in [0.4, 0.5) is 11.4 Å². The zero-order valence-electron chi connectivity index (χ0n) is 23.0. The molecular formula is C31H32ClN5O2S. The Balaban J connectivity index is 1.67. The van der Waals surface area contributed by atoms with Crippen LogP contribution in [0.1, 0.15) is 28.6 Å². The second-order valence-electron chi connectivity index (χ2n) is 9.61. The van der Waals surface area contributed by atoms with E-state index in [-0.39, 0.29) is 24.1 Å². The molecule has 0 radical (unpaired) electrons. The highest BCUT2D eigenvalue weighted by Crippen LogP contribution is 2.28. The Hall–Kier alpha value is -3.88. The van der Waals surface area contributed by atoms with E-state index in [9.17, 15) is 9.59 Å². The molecular weight excluding hydrogens is 542 g/mol. The summed E-state index contributed by atoms with van der Waals surface area (Å²) in [4.78, 5) is 40.3. The van der Waals surface area contributed by atoms with E-state index < -0.39 is 6.04 Å². The Kier molecular flexibility index (Phi) is 9.79. The van der Waals surface area contributed by atoms with Crippen molar-refractivity contribution in [1.29, 1.82) is 0 Å². The van der Waals surface area contributed by atoms with Gasteiger partial charge in [0.2, 0.25) is 5.91 Å². The fourth-order valence-corrected chi connectivity index (χ4v) is 5.20. The Morgan fingerprint density at radius 1 is 0.900 bits per heavy atom. The minimum absolute atomic E-state index is 0.0740. The number of carbonyl (C=O) groups is 2. The van der Waals surface area contributed by atoms with Gasteiger partial charge in [-0.2, -0.15) is 0 Å². The molecule has 3 aromatic carbocycles. The molecule has 0 aliphatic heterocycles. The summed E-state index contributed by atoms with van der Waals surface area (Å²) in [5, 5.41) is 4.09. The lowest BCUT2D eigenvalue weighted by Crippen LogP contribution is -2.41. The third-order valence-electron chi connectivity index (χ3n) is 6.20. The quantitative estimate of drug-likeness (QED) is 0.177. The molecule has 0 saturated heterocycles. The smallest absolute Gasteiger partial charge is 0.251 e. The standard InChI is InChI=1S/C31H32ClN5O2S/c1-21-18-22(2)34-31(33-21)40-20-28(38)37(19-23-8-6-5-7-9-23)29(24-10-12-25(32)13-11-24)30(39)35-26-14-16-27(17-15-26)36(3)4/h5-18,29H,19-20H2,1-4H3,(H,35,39)/t29-/m1/s1. The fourth-order valence-electron chi connectivity index (χ4n) is 4.24. The van der Waals surface area contributed by atoms with Gasteiger partial charge in [0.25, 0.3) is 5.91 Å². The summed E-state index contributed by atoms with van der Waals surface area (Å²) in [5.74, 6) is -0.462. The normalized spacial score (nSPS) is 11.5. The monoisotopic (exact) mass is 573 g/mol. The highest BCUT2D eigenvalue weighted by Gasteiger charge is 2.32. The molecule has 1 N–H and O–H groups in total. The number of aromatic nitrogens is 2. The topological polar surface area (TPSA) is 78.4 Å². The molecule has 2 amide bonds. The van der Waals surface area contributed by atoms with Crippen molar-refractivity contribution >= 4 is 46.6 Å². The van der Waals surface area contributed by atoms with Gasteiger partial charge in [0.1, 0.15) is 6.04 Å². The van der Waals surface area contributed by atoms with Crippen LogP contribution in [0.15, 0.2) is 90.1 Å². The maximum absolute atomic E-state index is 13.9. The third kappa shape index (κ3) is 7.83. The minimum Gasteiger partial charge on any atom is -0.378 e. The van der Waals surface area contributed by atoms with Crippen molar-refractivity contribution in [3.8, 4) is 0 Å².